The average Bonchev–Trinajstić information content (AvgIpc) is 2.32. The molecule has 0 spiro atoms. The Kier molecular flexibility index (Phi) is 3.59. The summed E-state index contributed by atoms with van der Waals surface area (Å²) in [5.41, 5.74) is 0. The van der Waals surface area contributed by atoms with Crippen LogP contribution in [0.4, 0.5) is 0 Å². The minimum absolute atomic E-state index is 0.114. The summed E-state index contributed by atoms with van der Waals surface area (Å²) in [6.07, 6.45) is 0.114. The lowest BCUT2D eigenvalue weighted by atomic mass is 10.5. The summed E-state index contributed by atoms with van der Waals surface area (Å²) in [7, 11) is 0. The fourth-order valence-corrected chi connectivity index (χ4v) is 3.86. The standard InChI is InChI=1S/C8H12OPS2/c1-7(2)9-10(11,12)8-5-3-4-6-8/h3-7H,1-2H3,(H,11,12)/q-1/p-1. The Bertz CT molecular complexity index is 231. The predicted molar refractivity (Wildman–Crippen MR) is 59.5 cm³/mol. The van der Waals surface area contributed by atoms with E-state index in [9.17, 15) is 0 Å². The largest absolute Gasteiger partial charge is 0.554 e. The lowest BCUT2D eigenvalue weighted by molar-refractivity contribution is 0.278. The van der Waals surface area contributed by atoms with Crippen LogP contribution in [-0.4, -0.2) is 6.10 Å². The second-order valence-corrected chi connectivity index (χ2v) is 8.30. The molecule has 1 nitrogen and oxygen atoms in total. The molecule has 4 heteroatoms. The van der Waals surface area contributed by atoms with Crippen LogP contribution in [0.5, 0.6) is 0 Å². The van der Waals surface area contributed by atoms with E-state index in [0.29, 0.717) is 0 Å². The first kappa shape index (κ1) is 10.5. The number of hydrogen-bond donors (Lipinski definition) is 0. The highest BCUT2D eigenvalue weighted by atomic mass is 33.1. The van der Waals surface area contributed by atoms with Gasteiger partial charge in [-0.05, 0) is 19.2 Å². The molecular weight excluding hydrogens is 207 g/mol. The first-order valence-corrected chi connectivity index (χ1v) is 7.47. The van der Waals surface area contributed by atoms with Crippen molar-refractivity contribution in [2.45, 2.75) is 20.0 Å². The molecule has 0 heterocycles. The zero-order valence-electron chi connectivity index (χ0n) is 7.06. The quantitative estimate of drug-likeness (QED) is 0.438. The van der Waals surface area contributed by atoms with E-state index in [1.165, 1.54) is 0 Å². The Labute approximate surface area is 84.6 Å². The van der Waals surface area contributed by atoms with Crippen molar-refractivity contribution in [3.8, 4) is 0 Å². The second-order valence-electron chi connectivity index (χ2n) is 2.79. The highest BCUT2D eigenvalue weighted by Gasteiger charge is 2.09. The average molecular weight is 218 g/mol. The summed E-state index contributed by atoms with van der Waals surface area (Å²) in [5, 5.41) is 0.987. The molecule has 0 aromatic heterocycles. The van der Waals surface area contributed by atoms with E-state index >= 15 is 0 Å². The lowest BCUT2D eigenvalue weighted by Crippen LogP contribution is -2.11. The molecule has 0 aliphatic heterocycles. The van der Waals surface area contributed by atoms with Crippen LogP contribution in [0.2, 0.25) is 0 Å². The molecule has 68 valence electrons. The maximum Gasteiger partial charge on any atom is 0.0900 e. The summed E-state index contributed by atoms with van der Waals surface area (Å²) >= 11 is 10.5. The van der Waals surface area contributed by atoms with Gasteiger partial charge in [0.25, 0.3) is 0 Å². The SMILES string of the molecule is CC(C)O[P+]([S-])([S-])[c-]1cccc1. The van der Waals surface area contributed by atoms with Crippen LogP contribution < -0.4 is 5.30 Å². The van der Waals surface area contributed by atoms with E-state index in [1.807, 2.05) is 38.1 Å². The van der Waals surface area contributed by atoms with E-state index in [4.69, 9.17) is 29.0 Å². The molecule has 1 aromatic rings. The van der Waals surface area contributed by atoms with Crippen molar-refractivity contribution in [2.75, 3.05) is 0 Å². The molecule has 1 aromatic carbocycles. The second kappa shape index (κ2) is 4.10. The molecule has 0 aliphatic carbocycles. The van der Waals surface area contributed by atoms with Crippen LogP contribution in [0, 0.1) is 0 Å². The third-order valence-corrected chi connectivity index (χ3v) is 4.72. The van der Waals surface area contributed by atoms with Gasteiger partial charge in [-0.25, -0.2) is 12.1 Å². The Morgan fingerprint density at radius 1 is 1.25 bits per heavy atom. The fraction of sp³-hybridized carbons (Fsp3) is 0.375. The summed E-state index contributed by atoms with van der Waals surface area (Å²) in [6.45, 7) is 3.91. The van der Waals surface area contributed by atoms with Crippen LogP contribution in [0.3, 0.4) is 0 Å². The minimum Gasteiger partial charge on any atom is -0.554 e. The van der Waals surface area contributed by atoms with Gasteiger partial charge in [0.1, 0.15) is 0 Å². The van der Waals surface area contributed by atoms with Gasteiger partial charge in [-0.15, -0.1) is 18.0 Å². The smallest absolute Gasteiger partial charge is 0.0900 e. The summed E-state index contributed by atoms with van der Waals surface area (Å²) in [5.74, 6) is -2.14. The van der Waals surface area contributed by atoms with Gasteiger partial charge in [-0.2, -0.15) is 0 Å². The molecule has 0 amide bonds. The van der Waals surface area contributed by atoms with Gasteiger partial charge in [0.05, 0.1) is 6.10 Å². The van der Waals surface area contributed by atoms with Crippen molar-refractivity contribution in [1.82, 2.24) is 0 Å². The van der Waals surface area contributed by atoms with Crippen molar-refractivity contribution in [3.63, 3.8) is 0 Å². The molecule has 0 radical (unpaired) electrons. The molecule has 12 heavy (non-hydrogen) atoms. The summed E-state index contributed by atoms with van der Waals surface area (Å²) in [6, 6.07) is 7.76. The fourth-order valence-electron chi connectivity index (χ4n) is 0.885. The van der Waals surface area contributed by atoms with Crippen molar-refractivity contribution in [3.05, 3.63) is 24.3 Å². The molecule has 0 fully saturated rings. The van der Waals surface area contributed by atoms with E-state index in [1.54, 1.807) is 0 Å². The van der Waals surface area contributed by atoms with Gasteiger partial charge in [0.2, 0.25) is 0 Å². The monoisotopic (exact) mass is 218 g/mol. The molecule has 0 atom stereocenters. The molecular formula is C8H11OPS2-2. The molecule has 0 unspecified atom stereocenters. The van der Waals surface area contributed by atoms with Crippen LogP contribution in [0.15, 0.2) is 24.3 Å². The highest BCUT2D eigenvalue weighted by Crippen LogP contribution is 2.55. The Balaban J connectivity index is 2.72. The molecule has 0 N–H and O–H groups in total. The minimum atomic E-state index is -2.14. The Hall–Kier alpha value is 0.440. The first-order valence-electron chi connectivity index (χ1n) is 3.74. The Morgan fingerprint density at radius 3 is 2.17 bits per heavy atom. The third kappa shape index (κ3) is 2.74. The highest BCUT2D eigenvalue weighted by molar-refractivity contribution is 8.74. The zero-order chi connectivity index (χ0) is 9.19. The van der Waals surface area contributed by atoms with Crippen molar-refractivity contribution < 1.29 is 4.52 Å². The van der Waals surface area contributed by atoms with Gasteiger partial charge < -0.3 is 24.5 Å². The maximum atomic E-state index is 5.52. The first-order chi connectivity index (χ1) is 5.52. The van der Waals surface area contributed by atoms with Crippen LogP contribution in [0.25, 0.3) is 0 Å². The van der Waals surface area contributed by atoms with Gasteiger partial charge >= 0.3 is 0 Å². The van der Waals surface area contributed by atoms with E-state index in [0.717, 1.165) is 5.30 Å². The van der Waals surface area contributed by atoms with Crippen molar-refractivity contribution >= 4 is 35.7 Å². The van der Waals surface area contributed by atoms with Gasteiger partial charge in [-0.3, -0.25) is 4.52 Å². The summed E-state index contributed by atoms with van der Waals surface area (Å²) < 4.78 is 5.52. The normalized spacial score (nSPS) is 12.4. The van der Waals surface area contributed by atoms with Gasteiger partial charge in [0.15, 0.2) is 0 Å². The number of rotatable bonds is 3. The van der Waals surface area contributed by atoms with Gasteiger partial charge in [-0.1, -0.05) is 0 Å². The topological polar surface area (TPSA) is 9.23 Å². The van der Waals surface area contributed by atoms with Crippen molar-refractivity contribution in [2.24, 2.45) is 0 Å². The third-order valence-electron chi connectivity index (χ3n) is 1.31. The molecule has 0 aliphatic rings. The number of hydrogen-bond acceptors (Lipinski definition) is 3. The molecule has 0 saturated heterocycles. The van der Waals surface area contributed by atoms with E-state index < -0.39 is 5.89 Å². The lowest BCUT2D eigenvalue weighted by Gasteiger charge is -2.41. The predicted octanol–water partition coefficient (Wildman–Crippen LogP) is 2.31. The van der Waals surface area contributed by atoms with E-state index in [-0.39, 0.29) is 6.10 Å². The molecule has 0 saturated carbocycles. The molecule has 0 bridgehead atoms. The van der Waals surface area contributed by atoms with Crippen molar-refractivity contribution in [1.29, 1.82) is 0 Å². The van der Waals surface area contributed by atoms with Crippen LogP contribution in [0.1, 0.15) is 13.8 Å². The Morgan fingerprint density at radius 2 is 1.75 bits per heavy atom. The zero-order valence-corrected chi connectivity index (χ0v) is 9.59. The maximum absolute atomic E-state index is 5.52. The molecule has 1 rings (SSSR count). The van der Waals surface area contributed by atoms with Gasteiger partial charge in [0, 0.05) is 0 Å². The van der Waals surface area contributed by atoms with Crippen LogP contribution >= 0.6 is 5.89 Å². The van der Waals surface area contributed by atoms with Crippen LogP contribution in [-0.2, 0) is 29.0 Å². The van der Waals surface area contributed by atoms with E-state index in [2.05, 4.69) is 0 Å². The summed E-state index contributed by atoms with van der Waals surface area (Å²) in [4.78, 5) is 0.